The summed E-state index contributed by atoms with van der Waals surface area (Å²) in [5.74, 6) is -0.0718. The van der Waals surface area contributed by atoms with Crippen LogP contribution in [0.2, 0.25) is 0 Å². The van der Waals surface area contributed by atoms with E-state index in [0.717, 1.165) is 18.5 Å². The van der Waals surface area contributed by atoms with Crippen LogP contribution < -0.4 is 5.32 Å². The molecule has 2 heterocycles. The molecule has 0 saturated heterocycles. The van der Waals surface area contributed by atoms with Crippen molar-refractivity contribution in [1.82, 2.24) is 10.3 Å². The number of rotatable bonds is 5. The summed E-state index contributed by atoms with van der Waals surface area (Å²) in [6, 6.07) is 14.0. The van der Waals surface area contributed by atoms with Gasteiger partial charge < -0.3 is 10.1 Å². The molecule has 1 aliphatic heterocycles. The molecule has 3 rings (SSSR count). The Kier molecular flexibility index (Phi) is 5.26. The minimum absolute atomic E-state index is 0.0718. The lowest BCUT2D eigenvalue weighted by Crippen LogP contribution is -2.32. The van der Waals surface area contributed by atoms with Gasteiger partial charge in [0.15, 0.2) is 0 Å². The first-order valence-corrected chi connectivity index (χ1v) is 8.30. The van der Waals surface area contributed by atoms with Crippen molar-refractivity contribution in [2.45, 2.75) is 32.2 Å². The number of nitrogens with zero attached hydrogens (tertiary/aromatic N) is 1. The summed E-state index contributed by atoms with van der Waals surface area (Å²) in [4.78, 5) is 17.0. The molecule has 124 valence electrons. The first-order chi connectivity index (χ1) is 11.7. The van der Waals surface area contributed by atoms with E-state index in [9.17, 15) is 4.79 Å². The summed E-state index contributed by atoms with van der Waals surface area (Å²) >= 11 is 0. The molecule has 1 aromatic heterocycles. The van der Waals surface area contributed by atoms with Crippen LogP contribution in [0.15, 0.2) is 60.5 Å². The van der Waals surface area contributed by atoms with Gasteiger partial charge in [0.05, 0.1) is 30.2 Å². The predicted molar refractivity (Wildman–Crippen MR) is 93.3 cm³/mol. The minimum atomic E-state index is -0.163. The number of aryl methyl sites for hydroxylation is 1. The highest BCUT2D eigenvalue weighted by Crippen LogP contribution is 2.19. The number of pyridine rings is 1. The molecule has 1 aromatic carbocycles. The average Bonchev–Trinajstić information content (AvgIpc) is 2.64. The molecule has 0 fully saturated rings. The molecule has 1 atom stereocenters. The fourth-order valence-electron chi connectivity index (χ4n) is 2.75. The molecule has 4 heteroatoms. The van der Waals surface area contributed by atoms with Gasteiger partial charge in [0, 0.05) is 6.20 Å². The summed E-state index contributed by atoms with van der Waals surface area (Å²) in [7, 11) is 0. The van der Waals surface area contributed by atoms with Gasteiger partial charge in [0.25, 0.3) is 5.91 Å². The lowest BCUT2D eigenvalue weighted by molar-refractivity contribution is -0.118. The van der Waals surface area contributed by atoms with Crippen LogP contribution in [0.3, 0.4) is 0 Å². The van der Waals surface area contributed by atoms with Crippen LogP contribution in [0.4, 0.5) is 0 Å². The van der Waals surface area contributed by atoms with E-state index in [-0.39, 0.29) is 11.9 Å². The number of benzene rings is 1. The monoisotopic (exact) mass is 322 g/mol. The average molecular weight is 322 g/mol. The number of carbonyl (C=O) groups excluding carboxylic acids is 1. The van der Waals surface area contributed by atoms with Crippen LogP contribution in [0.25, 0.3) is 0 Å². The maximum Gasteiger partial charge on any atom is 0.250 e. The fourth-order valence-corrected chi connectivity index (χ4v) is 2.75. The molecule has 0 spiro atoms. The van der Waals surface area contributed by atoms with Crippen LogP contribution in [-0.2, 0) is 16.0 Å². The topological polar surface area (TPSA) is 51.2 Å². The largest absolute Gasteiger partial charge is 0.501 e. The summed E-state index contributed by atoms with van der Waals surface area (Å²) in [5.41, 5.74) is 3.96. The van der Waals surface area contributed by atoms with Crippen molar-refractivity contribution in [1.29, 1.82) is 0 Å². The molecule has 0 bridgehead atoms. The zero-order chi connectivity index (χ0) is 16.8. The number of aromatic nitrogens is 1. The van der Waals surface area contributed by atoms with Crippen molar-refractivity contribution in [3.8, 4) is 0 Å². The second-order valence-electron chi connectivity index (χ2n) is 6.09. The molecule has 4 nitrogen and oxygen atoms in total. The number of hydrogen-bond donors (Lipinski definition) is 1. The molecule has 0 unspecified atom stereocenters. The van der Waals surface area contributed by atoms with Crippen LogP contribution in [0, 0.1) is 6.92 Å². The van der Waals surface area contributed by atoms with Crippen LogP contribution >= 0.6 is 0 Å². The van der Waals surface area contributed by atoms with Gasteiger partial charge in [-0.1, -0.05) is 35.9 Å². The van der Waals surface area contributed by atoms with Gasteiger partial charge >= 0.3 is 0 Å². The summed E-state index contributed by atoms with van der Waals surface area (Å²) in [6.45, 7) is 2.75. The molecule has 1 amide bonds. The molecule has 1 N–H and O–H groups in total. The zero-order valence-corrected chi connectivity index (χ0v) is 13.9. The van der Waals surface area contributed by atoms with Crippen molar-refractivity contribution >= 4 is 5.91 Å². The van der Waals surface area contributed by atoms with Gasteiger partial charge in [-0.25, -0.2) is 0 Å². The Morgan fingerprint density at radius 2 is 2.08 bits per heavy atom. The van der Waals surface area contributed by atoms with Crippen molar-refractivity contribution < 1.29 is 9.53 Å². The van der Waals surface area contributed by atoms with E-state index in [4.69, 9.17) is 4.74 Å². The number of carbonyl (C=O) groups is 1. The van der Waals surface area contributed by atoms with Gasteiger partial charge in [0.1, 0.15) is 0 Å². The lowest BCUT2D eigenvalue weighted by Gasteiger charge is -2.21. The molecule has 0 radical (unpaired) electrons. The quantitative estimate of drug-likeness (QED) is 0.917. The van der Waals surface area contributed by atoms with Crippen molar-refractivity contribution in [2.75, 3.05) is 6.61 Å². The first kappa shape index (κ1) is 16.2. The highest BCUT2D eigenvalue weighted by Gasteiger charge is 2.20. The van der Waals surface area contributed by atoms with E-state index in [2.05, 4.69) is 41.5 Å². The fraction of sp³-hybridized carbons (Fsp3) is 0.300. The van der Waals surface area contributed by atoms with Gasteiger partial charge in [-0.15, -0.1) is 0 Å². The Morgan fingerprint density at radius 1 is 1.25 bits per heavy atom. The summed E-state index contributed by atoms with van der Waals surface area (Å²) < 4.78 is 5.28. The number of ether oxygens (including phenoxy) is 1. The highest BCUT2D eigenvalue weighted by atomic mass is 16.5. The third-order valence-corrected chi connectivity index (χ3v) is 4.14. The number of nitrogens with one attached hydrogen (secondary N) is 1. The van der Waals surface area contributed by atoms with E-state index in [1.54, 1.807) is 12.5 Å². The van der Waals surface area contributed by atoms with Crippen LogP contribution in [0.1, 0.15) is 35.7 Å². The number of amides is 1. The third-order valence-electron chi connectivity index (χ3n) is 4.14. The van der Waals surface area contributed by atoms with E-state index in [1.165, 1.54) is 11.1 Å². The van der Waals surface area contributed by atoms with E-state index in [1.807, 2.05) is 18.2 Å². The Morgan fingerprint density at radius 3 is 2.75 bits per heavy atom. The first-order valence-electron chi connectivity index (χ1n) is 8.30. The van der Waals surface area contributed by atoms with Gasteiger partial charge in [-0.05, 0) is 43.9 Å². The highest BCUT2D eigenvalue weighted by molar-refractivity contribution is 5.93. The molecule has 24 heavy (non-hydrogen) atoms. The SMILES string of the molecule is Cc1ccc(C[C@H](NC(=O)C2=COCCC2)c2ccccn2)cc1. The molecule has 0 aliphatic carbocycles. The van der Waals surface area contributed by atoms with Crippen molar-refractivity contribution in [3.05, 3.63) is 77.3 Å². The Labute approximate surface area is 142 Å². The van der Waals surface area contributed by atoms with E-state index >= 15 is 0 Å². The molecular weight excluding hydrogens is 300 g/mol. The van der Waals surface area contributed by atoms with Gasteiger partial charge in [-0.3, -0.25) is 9.78 Å². The maximum absolute atomic E-state index is 12.5. The molecule has 1 aliphatic rings. The number of hydrogen-bond acceptors (Lipinski definition) is 3. The Bertz CT molecular complexity index is 708. The zero-order valence-electron chi connectivity index (χ0n) is 13.9. The standard InChI is InChI=1S/C20H22N2O2/c1-15-7-9-16(10-8-15)13-19(18-6-2-3-11-21-18)22-20(23)17-5-4-12-24-14-17/h2-3,6-11,14,19H,4-5,12-13H2,1H3,(H,22,23)/t19-/m0/s1. The van der Waals surface area contributed by atoms with Crippen molar-refractivity contribution in [3.63, 3.8) is 0 Å². The molecule has 0 saturated carbocycles. The second kappa shape index (κ2) is 7.77. The summed E-state index contributed by atoms with van der Waals surface area (Å²) in [6.07, 6.45) is 5.68. The van der Waals surface area contributed by atoms with E-state index in [0.29, 0.717) is 18.6 Å². The Balaban J connectivity index is 1.78. The maximum atomic E-state index is 12.5. The second-order valence-corrected chi connectivity index (χ2v) is 6.09. The minimum Gasteiger partial charge on any atom is -0.501 e. The van der Waals surface area contributed by atoms with Crippen LogP contribution in [-0.4, -0.2) is 17.5 Å². The predicted octanol–water partition coefficient (Wildman–Crippen LogP) is 3.48. The van der Waals surface area contributed by atoms with E-state index < -0.39 is 0 Å². The third kappa shape index (κ3) is 4.22. The van der Waals surface area contributed by atoms with Crippen LogP contribution in [0.5, 0.6) is 0 Å². The molecule has 2 aromatic rings. The van der Waals surface area contributed by atoms with Gasteiger partial charge in [-0.2, -0.15) is 0 Å². The molecular formula is C20H22N2O2. The van der Waals surface area contributed by atoms with Crippen molar-refractivity contribution in [2.24, 2.45) is 0 Å². The van der Waals surface area contributed by atoms with Gasteiger partial charge in [0.2, 0.25) is 0 Å². The smallest absolute Gasteiger partial charge is 0.250 e. The normalized spacial score (nSPS) is 15.1. The Hall–Kier alpha value is -2.62. The summed E-state index contributed by atoms with van der Waals surface area (Å²) in [5, 5.41) is 3.12. The lowest BCUT2D eigenvalue weighted by atomic mass is 10.0.